The summed E-state index contributed by atoms with van der Waals surface area (Å²) in [5, 5.41) is 12.4. The maximum Gasteiger partial charge on any atom is 0.321 e. The molecule has 0 unspecified atom stereocenters. The highest BCUT2D eigenvalue weighted by molar-refractivity contribution is 7.92. The van der Waals surface area contributed by atoms with E-state index in [0.717, 1.165) is 6.26 Å². The largest absolute Gasteiger partial charge is 0.487 e. The maximum absolute atomic E-state index is 13.4. The fourth-order valence-electron chi connectivity index (χ4n) is 3.82. The van der Waals surface area contributed by atoms with Crippen LogP contribution >= 0.6 is 0 Å². The normalized spacial score (nSPS) is 18.8. The summed E-state index contributed by atoms with van der Waals surface area (Å²) in [6.45, 7) is 3.73. The lowest BCUT2D eigenvalue weighted by Crippen LogP contribution is -2.50. The minimum Gasteiger partial charge on any atom is -0.487 e. The van der Waals surface area contributed by atoms with Crippen molar-refractivity contribution in [1.82, 2.24) is 9.80 Å². The van der Waals surface area contributed by atoms with Crippen molar-refractivity contribution >= 4 is 33.3 Å². The number of sulfonamides is 1. The number of ether oxygens (including phenoxy) is 1. The van der Waals surface area contributed by atoms with E-state index in [0.29, 0.717) is 5.69 Å². The van der Waals surface area contributed by atoms with Crippen LogP contribution < -0.4 is 14.8 Å². The zero-order valence-electron chi connectivity index (χ0n) is 20.6. The van der Waals surface area contributed by atoms with E-state index < -0.39 is 39.9 Å². The third-order valence-corrected chi connectivity index (χ3v) is 6.47. The molecule has 3 amide bonds. The Kier molecular flexibility index (Phi) is 8.41. The van der Waals surface area contributed by atoms with Crippen LogP contribution in [0, 0.1) is 11.7 Å². The van der Waals surface area contributed by atoms with Gasteiger partial charge in [0.2, 0.25) is 10.0 Å². The number of aliphatic hydroxyl groups excluding tert-OH is 1. The summed E-state index contributed by atoms with van der Waals surface area (Å²) in [6, 6.07) is 8.85. The van der Waals surface area contributed by atoms with Crippen molar-refractivity contribution in [3.05, 3.63) is 53.8 Å². The number of likely N-dealkylation sites (N-methyl/N-ethyl adjacent to an activating group) is 1. The number of carbonyl (C=O) groups is 2. The standard InChI is InChI=1S/C24H31FN4O6S/c1-15-12-29(16(2)14-30)23(31)20-11-19(27-36(4,33)34)9-10-21(20)35-22(15)13-28(3)24(32)26-18-7-5-17(25)6-8-18/h5-11,15-16,22,27,30H,12-14H2,1-4H3,(H,26,32)/t15-,16-,22+/m1/s1. The number of nitrogens with one attached hydrogen (secondary N) is 2. The number of rotatable bonds is 7. The van der Waals surface area contributed by atoms with Crippen molar-refractivity contribution in [3.8, 4) is 5.75 Å². The summed E-state index contributed by atoms with van der Waals surface area (Å²) in [4.78, 5) is 29.0. The highest BCUT2D eigenvalue weighted by Gasteiger charge is 2.34. The van der Waals surface area contributed by atoms with E-state index in [1.54, 1.807) is 14.0 Å². The van der Waals surface area contributed by atoms with E-state index in [-0.39, 0.29) is 42.6 Å². The molecular weight excluding hydrogens is 491 g/mol. The topological polar surface area (TPSA) is 128 Å². The summed E-state index contributed by atoms with van der Waals surface area (Å²) in [5.74, 6) is -0.816. The van der Waals surface area contributed by atoms with Crippen LogP contribution in [0.3, 0.4) is 0 Å². The lowest BCUT2D eigenvalue weighted by Gasteiger charge is -2.38. The second kappa shape index (κ2) is 11.1. The van der Waals surface area contributed by atoms with Gasteiger partial charge in [0.25, 0.3) is 5.91 Å². The van der Waals surface area contributed by atoms with E-state index in [9.17, 15) is 27.5 Å². The van der Waals surface area contributed by atoms with Crippen LogP contribution in [0.4, 0.5) is 20.6 Å². The molecule has 2 aromatic rings. The van der Waals surface area contributed by atoms with Crippen LogP contribution in [0.1, 0.15) is 24.2 Å². The van der Waals surface area contributed by atoms with E-state index in [4.69, 9.17) is 4.74 Å². The first kappa shape index (κ1) is 27.2. The fraction of sp³-hybridized carbons (Fsp3) is 0.417. The Morgan fingerprint density at radius 2 is 1.89 bits per heavy atom. The number of fused-ring (bicyclic) bond motifs is 1. The number of carbonyl (C=O) groups excluding carboxylic acids is 2. The smallest absolute Gasteiger partial charge is 0.321 e. The predicted octanol–water partition coefficient (Wildman–Crippen LogP) is 2.58. The molecule has 3 atom stereocenters. The Morgan fingerprint density at radius 1 is 1.25 bits per heavy atom. The Morgan fingerprint density at radius 3 is 2.50 bits per heavy atom. The molecule has 36 heavy (non-hydrogen) atoms. The SMILES string of the molecule is C[C@@H]1CN([C@H](C)CO)C(=O)c2cc(NS(C)(=O)=O)ccc2O[C@H]1CN(C)C(=O)Nc1ccc(F)cc1. The van der Waals surface area contributed by atoms with E-state index >= 15 is 0 Å². The van der Waals surface area contributed by atoms with Crippen LogP contribution in [0.25, 0.3) is 0 Å². The van der Waals surface area contributed by atoms with Gasteiger partial charge in [-0.05, 0) is 49.4 Å². The number of hydrogen-bond acceptors (Lipinski definition) is 6. The quantitative estimate of drug-likeness (QED) is 0.513. The third kappa shape index (κ3) is 6.85. The Bertz CT molecular complexity index is 1210. The van der Waals surface area contributed by atoms with Gasteiger partial charge >= 0.3 is 6.03 Å². The van der Waals surface area contributed by atoms with Crippen molar-refractivity contribution in [3.63, 3.8) is 0 Å². The Balaban J connectivity index is 1.88. The molecule has 3 rings (SSSR count). The van der Waals surface area contributed by atoms with Crippen LogP contribution in [0.2, 0.25) is 0 Å². The van der Waals surface area contributed by atoms with Gasteiger partial charge in [0.1, 0.15) is 17.7 Å². The van der Waals surface area contributed by atoms with Crippen LogP contribution in [0.5, 0.6) is 5.75 Å². The molecule has 10 nitrogen and oxygen atoms in total. The van der Waals surface area contributed by atoms with Crippen molar-refractivity contribution in [2.45, 2.75) is 26.0 Å². The molecule has 0 radical (unpaired) electrons. The van der Waals surface area contributed by atoms with E-state index in [1.807, 2.05) is 6.92 Å². The molecule has 0 fully saturated rings. The highest BCUT2D eigenvalue weighted by Crippen LogP contribution is 2.31. The molecular formula is C24H31FN4O6S. The number of halogens is 1. The summed E-state index contributed by atoms with van der Waals surface area (Å²) in [5.41, 5.74) is 0.773. The lowest BCUT2D eigenvalue weighted by atomic mass is 9.99. The van der Waals surface area contributed by atoms with Gasteiger partial charge in [-0.3, -0.25) is 9.52 Å². The van der Waals surface area contributed by atoms with Crippen molar-refractivity contribution in [1.29, 1.82) is 0 Å². The number of hydrogen-bond donors (Lipinski definition) is 3. The van der Waals surface area contributed by atoms with Crippen LogP contribution in [-0.2, 0) is 10.0 Å². The molecule has 0 aromatic heterocycles. The minimum absolute atomic E-state index is 0.138. The number of nitrogens with zero attached hydrogens (tertiary/aromatic N) is 2. The molecule has 1 aliphatic heterocycles. The van der Waals surface area contributed by atoms with Crippen LogP contribution in [0.15, 0.2) is 42.5 Å². The van der Waals surface area contributed by atoms with Gasteiger partial charge < -0.3 is 25.0 Å². The molecule has 0 spiro atoms. The number of anilines is 2. The monoisotopic (exact) mass is 522 g/mol. The second-order valence-corrected chi connectivity index (χ2v) is 10.8. The first-order valence-electron chi connectivity index (χ1n) is 11.4. The van der Waals surface area contributed by atoms with Gasteiger partial charge in [0.05, 0.1) is 31.0 Å². The van der Waals surface area contributed by atoms with Gasteiger partial charge in [-0.1, -0.05) is 6.92 Å². The van der Waals surface area contributed by atoms with Gasteiger partial charge in [-0.15, -0.1) is 0 Å². The highest BCUT2D eigenvalue weighted by atomic mass is 32.2. The molecule has 196 valence electrons. The number of benzene rings is 2. The van der Waals surface area contributed by atoms with Gasteiger partial charge in [-0.2, -0.15) is 0 Å². The minimum atomic E-state index is -3.57. The molecule has 0 saturated carbocycles. The molecule has 1 aliphatic rings. The lowest BCUT2D eigenvalue weighted by molar-refractivity contribution is 0.0371. The zero-order chi connectivity index (χ0) is 26.6. The molecule has 0 bridgehead atoms. The van der Waals surface area contributed by atoms with Gasteiger partial charge in [0.15, 0.2) is 0 Å². The van der Waals surface area contributed by atoms with Gasteiger partial charge in [0, 0.05) is 30.9 Å². The van der Waals surface area contributed by atoms with E-state index in [1.165, 1.54) is 52.3 Å². The molecule has 1 heterocycles. The Hall–Kier alpha value is -3.38. The summed E-state index contributed by atoms with van der Waals surface area (Å²) in [7, 11) is -1.98. The molecule has 0 aliphatic carbocycles. The first-order valence-corrected chi connectivity index (χ1v) is 13.2. The molecule has 12 heteroatoms. The molecule has 3 N–H and O–H groups in total. The molecule has 2 aromatic carbocycles. The summed E-state index contributed by atoms with van der Waals surface area (Å²) >= 11 is 0. The number of urea groups is 1. The second-order valence-electron chi connectivity index (χ2n) is 9.03. The first-order chi connectivity index (χ1) is 16.9. The average molecular weight is 523 g/mol. The van der Waals surface area contributed by atoms with Crippen LogP contribution in [-0.4, -0.2) is 80.4 Å². The number of aliphatic hydroxyl groups is 1. The van der Waals surface area contributed by atoms with E-state index in [2.05, 4.69) is 10.0 Å². The number of amides is 3. The summed E-state index contributed by atoms with van der Waals surface area (Å²) in [6.07, 6.45) is 0.468. The Labute approximate surface area is 210 Å². The van der Waals surface area contributed by atoms with Crippen molar-refractivity contribution in [2.24, 2.45) is 5.92 Å². The van der Waals surface area contributed by atoms with Crippen molar-refractivity contribution in [2.75, 3.05) is 43.0 Å². The fourth-order valence-corrected chi connectivity index (χ4v) is 4.38. The third-order valence-electron chi connectivity index (χ3n) is 5.86. The van der Waals surface area contributed by atoms with Crippen molar-refractivity contribution < 1.29 is 32.2 Å². The zero-order valence-corrected chi connectivity index (χ0v) is 21.4. The maximum atomic E-state index is 13.4. The average Bonchev–Trinajstić information content (AvgIpc) is 2.81. The predicted molar refractivity (Wildman–Crippen MR) is 134 cm³/mol. The van der Waals surface area contributed by atoms with Gasteiger partial charge in [-0.25, -0.2) is 17.6 Å². The summed E-state index contributed by atoms with van der Waals surface area (Å²) < 4.78 is 45.1. The molecule has 0 saturated heterocycles.